The van der Waals surface area contributed by atoms with Crippen LogP contribution in [0, 0.1) is 11.8 Å². The molecule has 1 aromatic carbocycles. The molecule has 1 saturated heterocycles. The summed E-state index contributed by atoms with van der Waals surface area (Å²) in [7, 11) is 0. The van der Waals surface area contributed by atoms with E-state index in [9.17, 15) is 28.8 Å². The van der Waals surface area contributed by atoms with Gasteiger partial charge in [-0.25, -0.2) is 0 Å². The first kappa shape index (κ1) is 33.6. The minimum absolute atomic E-state index is 0.0369. The molecule has 2 rings (SSSR count). The molecule has 0 radical (unpaired) electrons. The van der Waals surface area contributed by atoms with Crippen LogP contribution in [0.15, 0.2) is 24.3 Å². The Kier molecular flexibility index (Phi) is 14.7. The predicted molar refractivity (Wildman–Crippen MR) is 151 cm³/mol. The Balaban J connectivity index is 1.46. The number of amides is 5. The highest BCUT2D eigenvalue weighted by Gasteiger charge is 2.41. The van der Waals surface area contributed by atoms with Gasteiger partial charge in [0.05, 0.1) is 32.8 Å². The van der Waals surface area contributed by atoms with Crippen LogP contribution in [0.4, 0.5) is 5.69 Å². The lowest BCUT2D eigenvalue weighted by atomic mass is 10.00. The molecule has 1 aromatic rings. The summed E-state index contributed by atoms with van der Waals surface area (Å²) >= 11 is 0. The molecule has 1 aliphatic heterocycles. The van der Waals surface area contributed by atoms with E-state index < -0.39 is 0 Å². The summed E-state index contributed by atoms with van der Waals surface area (Å²) in [6.45, 7) is 6.77. The van der Waals surface area contributed by atoms with Crippen LogP contribution < -0.4 is 16.0 Å². The smallest absolute Gasteiger partial charge is 0.232 e. The first-order valence-electron chi connectivity index (χ1n) is 14.0. The molecule has 12 heteroatoms. The molecule has 41 heavy (non-hydrogen) atoms. The zero-order valence-corrected chi connectivity index (χ0v) is 24.2. The van der Waals surface area contributed by atoms with Crippen LogP contribution in [0.1, 0.15) is 52.0 Å². The molecular formula is C29H42N4O8. The Morgan fingerprint density at radius 2 is 1.32 bits per heavy atom. The molecule has 0 aliphatic carbocycles. The number of carbonyl (C=O) groups is 6. The van der Waals surface area contributed by atoms with Crippen molar-refractivity contribution in [1.29, 1.82) is 0 Å². The first-order chi connectivity index (χ1) is 19.6. The largest absolute Gasteiger partial charge is 0.379 e. The Labute approximate surface area is 240 Å². The van der Waals surface area contributed by atoms with Crippen molar-refractivity contribution in [2.24, 2.45) is 11.8 Å². The fraction of sp³-hybridized carbons (Fsp3) is 0.586. The summed E-state index contributed by atoms with van der Waals surface area (Å²) in [6, 6.07) is 7.26. The zero-order chi connectivity index (χ0) is 30.2. The quantitative estimate of drug-likeness (QED) is 0.164. The number of ketones is 1. The second-order valence-electron chi connectivity index (χ2n) is 10.0. The topological polar surface area (TPSA) is 160 Å². The standard InChI is InChI=1S/C29H42N4O8/c1-20(34)10-13-30-25(35)9-6-23-4-7-24(8-5-23)32-27(37)12-16-40-18-19-41-17-14-31-26(36)11-15-33-28(38)21(2)22(3)29(33)39/h4-5,7-8,21-22H,6,9-19H2,1-3H3,(H,30,35)(H,31,36)(H,32,37). The number of nitrogens with zero attached hydrogens (tertiary/aromatic N) is 1. The van der Waals surface area contributed by atoms with Gasteiger partial charge < -0.3 is 25.4 Å². The molecule has 0 saturated carbocycles. The highest BCUT2D eigenvalue weighted by molar-refractivity contribution is 6.04. The third kappa shape index (κ3) is 12.6. The predicted octanol–water partition coefficient (Wildman–Crippen LogP) is 1.22. The van der Waals surface area contributed by atoms with Gasteiger partial charge in [0.25, 0.3) is 0 Å². The number of ether oxygens (including phenoxy) is 2. The van der Waals surface area contributed by atoms with Gasteiger partial charge in [0.15, 0.2) is 0 Å². The third-order valence-electron chi connectivity index (χ3n) is 6.72. The number of hydrogen-bond acceptors (Lipinski definition) is 8. The molecule has 1 aliphatic rings. The van der Waals surface area contributed by atoms with Gasteiger partial charge >= 0.3 is 0 Å². The van der Waals surface area contributed by atoms with Crippen molar-refractivity contribution in [1.82, 2.24) is 15.5 Å². The summed E-state index contributed by atoms with van der Waals surface area (Å²) in [4.78, 5) is 72.1. The van der Waals surface area contributed by atoms with Gasteiger partial charge in [0.1, 0.15) is 5.78 Å². The molecule has 0 aromatic heterocycles. The second kappa shape index (κ2) is 17.9. The number of rotatable bonds is 19. The lowest BCUT2D eigenvalue weighted by Crippen LogP contribution is -2.36. The number of hydrogen-bond donors (Lipinski definition) is 3. The number of likely N-dealkylation sites (tertiary alicyclic amines) is 1. The van der Waals surface area contributed by atoms with E-state index in [4.69, 9.17) is 9.47 Å². The highest BCUT2D eigenvalue weighted by atomic mass is 16.5. The molecule has 226 valence electrons. The van der Waals surface area contributed by atoms with Crippen molar-refractivity contribution < 1.29 is 38.2 Å². The molecule has 12 nitrogen and oxygen atoms in total. The summed E-state index contributed by atoms with van der Waals surface area (Å²) < 4.78 is 10.8. The summed E-state index contributed by atoms with van der Waals surface area (Å²) in [5.74, 6) is -1.68. The Bertz CT molecular complexity index is 1040. The van der Waals surface area contributed by atoms with E-state index in [1.165, 1.54) is 6.92 Å². The van der Waals surface area contributed by atoms with E-state index in [1.54, 1.807) is 26.0 Å². The van der Waals surface area contributed by atoms with Crippen molar-refractivity contribution in [3.8, 4) is 0 Å². The van der Waals surface area contributed by atoms with Crippen LogP contribution in [0.25, 0.3) is 0 Å². The van der Waals surface area contributed by atoms with Gasteiger partial charge in [-0.3, -0.25) is 33.7 Å². The van der Waals surface area contributed by atoms with Crippen LogP contribution >= 0.6 is 0 Å². The monoisotopic (exact) mass is 574 g/mol. The zero-order valence-electron chi connectivity index (χ0n) is 24.2. The van der Waals surface area contributed by atoms with Crippen molar-refractivity contribution in [2.45, 2.75) is 52.9 Å². The fourth-order valence-corrected chi connectivity index (χ4v) is 4.00. The molecule has 5 amide bonds. The summed E-state index contributed by atoms with van der Waals surface area (Å²) in [6.07, 6.45) is 1.44. The van der Waals surface area contributed by atoms with Gasteiger partial charge in [0.2, 0.25) is 29.5 Å². The third-order valence-corrected chi connectivity index (χ3v) is 6.72. The molecule has 0 spiro atoms. The van der Waals surface area contributed by atoms with E-state index >= 15 is 0 Å². The van der Waals surface area contributed by atoms with Crippen molar-refractivity contribution in [3.63, 3.8) is 0 Å². The highest BCUT2D eigenvalue weighted by Crippen LogP contribution is 2.25. The number of Topliss-reactive ketones (excluding diaryl/α,β-unsaturated/α-hetero) is 1. The van der Waals surface area contributed by atoms with Crippen molar-refractivity contribution >= 4 is 41.0 Å². The number of nitrogens with one attached hydrogen (secondary N) is 3. The van der Waals surface area contributed by atoms with E-state index in [2.05, 4.69) is 16.0 Å². The number of anilines is 1. The van der Waals surface area contributed by atoms with Crippen LogP contribution in [0.3, 0.4) is 0 Å². The van der Waals surface area contributed by atoms with E-state index in [0.29, 0.717) is 51.3 Å². The van der Waals surface area contributed by atoms with Gasteiger partial charge in [-0.1, -0.05) is 26.0 Å². The molecule has 2 unspecified atom stereocenters. The number of benzene rings is 1. The maximum atomic E-state index is 12.1. The van der Waals surface area contributed by atoms with Gasteiger partial charge in [0, 0.05) is 56.4 Å². The van der Waals surface area contributed by atoms with Crippen molar-refractivity contribution in [2.75, 3.05) is 51.4 Å². The lowest BCUT2D eigenvalue weighted by Gasteiger charge is -2.14. The van der Waals surface area contributed by atoms with Crippen LogP contribution in [0.5, 0.6) is 0 Å². The lowest BCUT2D eigenvalue weighted by molar-refractivity contribution is -0.140. The SMILES string of the molecule is CC(=O)CCNC(=O)CCc1ccc(NC(=O)CCOCCOCCNC(=O)CCN2C(=O)C(C)C(C)C2=O)cc1. The molecule has 1 heterocycles. The van der Waals surface area contributed by atoms with E-state index in [-0.39, 0.29) is 79.8 Å². The molecule has 2 atom stereocenters. The Hall–Kier alpha value is -3.64. The maximum Gasteiger partial charge on any atom is 0.232 e. The fourth-order valence-electron chi connectivity index (χ4n) is 4.00. The Morgan fingerprint density at radius 1 is 0.732 bits per heavy atom. The van der Waals surface area contributed by atoms with E-state index in [0.717, 1.165) is 10.5 Å². The minimum atomic E-state index is -0.349. The molecular weight excluding hydrogens is 532 g/mol. The number of carbonyl (C=O) groups excluding carboxylic acids is 6. The van der Waals surface area contributed by atoms with Crippen LogP contribution in [-0.4, -0.2) is 86.3 Å². The maximum absolute atomic E-state index is 12.1. The number of imide groups is 1. The van der Waals surface area contributed by atoms with E-state index in [1.807, 2.05) is 12.1 Å². The average molecular weight is 575 g/mol. The van der Waals surface area contributed by atoms with Crippen molar-refractivity contribution in [3.05, 3.63) is 29.8 Å². The Morgan fingerprint density at radius 3 is 1.95 bits per heavy atom. The average Bonchev–Trinajstić information content (AvgIpc) is 3.12. The van der Waals surface area contributed by atoms with Gasteiger partial charge in [-0.15, -0.1) is 0 Å². The second-order valence-corrected chi connectivity index (χ2v) is 10.0. The molecule has 0 bridgehead atoms. The summed E-state index contributed by atoms with van der Waals surface area (Å²) in [5.41, 5.74) is 1.62. The molecule has 1 fully saturated rings. The normalized spacial score (nSPS) is 16.5. The van der Waals surface area contributed by atoms with Gasteiger partial charge in [-0.05, 0) is 31.0 Å². The summed E-state index contributed by atoms with van der Waals surface area (Å²) in [5, 5.41) is 8.20. The minimum Gasteiger partial charge on any atom is -0.379 e. The van der Waals surface area contributed by atoms with Crippen LogP contribution in [0.2, 0.25) is 0 Å². The van der Waals surface area contributed by atoms with Crippen LogP contribution in [-0.2, 0) is 44.7 Å². The first-order valence-corrected chi connectivity index (χ1v) is 14.0. The molecule has 3 N–H and O–H groups in total. The number of aryl methyl sites for hydroxylation is 1. The van der Waals surface area contributed by atoms with Gasteiger partial charge in [-0.2, -0.15) is 0 Å².